The van der Waals surface area contributed by atoms with Gasteiger partial charge in [0.15, 0.2) is 0 Å². The van der Waals surface area contributed by atoms with Crippen LogP contribution in [0.4, 0.5) is 11.4 Å². The fourth-order valence-electron chi connectivity index (χ4n) is 2.07. The lowest BCUT2D eigenvalue weighted by molar-refractivity contribution is 0.317. The van der Waals surface area contributed by atoms with Crippen LogP contribution in [0, 0.1) is 0 Å². The zero-order valence-corrected chi connectivity index (χ0v) is 9.91. The number of benzene rings is 1. The van der Waals surface area contributed by atoms with E-state index < -0.39 is 0 Å². The van der Waals surface area contributed by atoms with Gasteiger partial charge in [0.25, 0.3) is 0 Å². The van der Waals surface area contributed by atoms with Gasteiger partial charge >= 0.3 is 0 Å². The summed E-state index contributed by atoms with van der Waals surface area (Å²) in [7, 11) is 0. The summed E-state index contributed by atoms with van der Waals surface area (Å²) >= 11 is 0. The number of hydrogen-bond acceptors (Lipinski definition) is 3. The van der Waals surface area contributed by atoms with Gasteiger partial charge in [-0.15, -0.1) is 0 Å². The lowest BCUT2D eigenvalue weighted by Gasteiger charge is -2.19. The summed E-state index contributed by atoms with van der Waals surface area (Å²) < 4.78 is 5.63. The Labute approximate surface area is 97.2 Å². The van der Waals surface area contributed by atoms with E-state index in [-0.39, 0.29) is 0 Å². The van der Waals surface area contributed by atoms with Crippen LogP contribution in [-0.4, -0.2) is 19.7 Å². The second kappa shape index (κ2) is 5.10. The molecule has 0 aliphatic carbocycles. The molecule has 0 bridgehead atoms. The average molecular weight is 220 g/mol. The molecule has 0 radical (unpaired) electrons. The molecule has 1 aliphatic heterocycles. The topological polar surface area (TPSA) is 38.5 Å². The summed E-state index contributed by atoms with van der Waals surface area (Å²) in [6.07, 6.45) is 3.58. The Morgan fingerprint density at radius 2 is 2.00 bits per heavy atom. The van der Waals surface area contributed by atoms with Gasteiger partial charge < -0.3 is 15.4 Å². The molecule has 16 heavy (non-hydrogen) atoms. The monoisotopic (exact) mass is 220 g/mol. The SMILES string of the molecule is CCCOc1cc(N)cc(N2CCCC2)c1. The third-order valence-corrected chi connectivity index (χ3v) is 2.86. The first-order valence-corrected chi connectivity index (χ1v) is 6.08. The van der Waals surface area contributed by atoms with Crippen LogP contribution in [0.15, 0.2) is 18.2 Å². The first-order chi connectivity index (χ1) is 7.79. The number of anilines is 2. The van der Waals surface area contributed by atoms with Crippen molar-refractivity contribution in [2.75, 3.05) is 30.3 Å². The van der Waals surface area contributed by atoms with Gasteiger partial charge in [-0.1, -0.05) is 6.92 Å². The van der Waals surface area contributed by atoms with Crippen LogP contribution >= 0.6 is 0 Å². The number of hydrogen-bond donors (Lipinski definition) is 1. The van der Waals surface area contributed by atoms with Crippen molar-refractivity contribution in [3.8, 4) is 5.75 Å². The molecular weight excluding hydrogens is 200 g/mol. The van der Waals surface area contributed by atoms with E-state index in [4.69, 9.17) is 10.5 Å². The summed E-state index contributed by atoms with van der Waals surface area (Å²) in [6, 6.07) is 6.02. The molecule has 0 unspecified atom stereocenters. The third kappa shape index (κ3) is 2.60. The molecule has 3 heteroatoms. The predicted octanol–water partition coefficient (Wildman–Crippen LogP) is 2.66. The molecule has 1 aliphatic rings. The minimum atomic E-state index is 0.753. The van der Waals surface area contributed by atoms with Crippen LogP contribution in [0.3, 0.4) is 0 Å². The molecule has 2 N–H and O–H groups in total. The van der Waals surface area contributed by atoms with Gasteiger partial charge in [0.05, 0.1) is 6.61 Å². The van der Waals surface area contributed by atoms with Crippen molar-refractivity contribution in [2.45, 2.75) is 26.2 Å². The molecule has 1 heterocycles. The molecule has 1 aromatic carbocycles. The van der Waals surface area contributed by atoms with Gasteiger partial charge in [0.1, 0.15) is 5.75 Å². The van der Waals surface area contributed by atoms with E-state index >= 15 is 0 Å². The van der Waals surface area contributed by atoms with Crippen LogP contribution in [0.25, 0.3) is 0 Å². The minimum Gasteiger partial charge on any atom is -0.493 e. The Bertz CT molecular complexity index is 346. The van der Waals surface area contributed by atoms with Crippen molar-refractivity contribution < 1.29 is 4.74 Å². The van der Waals surface area contributed by atoms with E-state index in [1.165, 1.54) is 18.5 Å². The normalized spacial score (nSPS) is 15.4. The number of rotatable bonds is 4. The average Bonchev–Trinajstić information content (AvgIpc) is 2.79. The highest BCUT2D eigenvalue weighted by molar-refractivity contribution is 5.60. The van der Waals surface area contributed by atoms with Crippen LogP contribution in [0.5, 0.6) is 5.75 Å². The van der Waals surface area contributed by atoms with Crippen LogP contribution < -0.4 is 15.4 Å². The smallest absolute Gasteiger partial charge is 0.123 e. The van der Waals surface area contributed by atoms with Gasteiger partial charge in [-0.3, -0.25) is 0 Å². The highest BCUT2D eigenvalue weighted by Crippen LogP contribution is 2.28. The fraction of sp³-hybridized carbons (Fsp3) is 0.538. The molecule has 2 rings (SSSR count). The predicted molar refractivity (Wildman–Crippen MR) is 68.1 cm³/mol. The summed E-state index contributed by atoms with van der Waals surface area (Å²) in [5.41, 5.74) is 7.88. The molecule has 0 amide bonds. The Morgan fingerprint density at radius 1 is 1.25 bits per heavy atom. The Kier molecular flexibility index (Phi) is 3.54. The molecule has 1 fully saturated rings. The molecule has 1 saturated heterocycles. The summed E-state index contributed by atoms with van der Waals surface area (Å²) in [4.78, 5) is 2.37. The van der Waals surface area contributed by atoms with Gasteiger partial charge in [-0.2, -0.15) is 0 Å². The third-order valence-electron chi connectivity index (χ3n) is 2.86. The first kappa shape index (κ1) is 11.1. The Balaban J connectivity index is 2.14. The van der Waals surface area contributed by atoms with Gasteiger partial charge in [0, 0.05) is 36.6 Å². The van der Waals surface area contributed by atoms with Gasteiger partial charge in [0.2, 0.25) is 0 Å². The summed E-state index contributed by atoms with van der Waals surface area (Å²) in [5, 5.41) is 0. The maximum Gasteiger partial charge on any atom is 0.123 e. The number of nitrogens with zero attached hydrogens (tertiary/aromatic N) is 1. The van der Waals surface area contributed by atoms with Crippen LogP contribution in [0.1, 0.15) is 26.2 Å². The van der Waals surface area contributed by atoms with Crippen LogP contribution in [-0.2, 0) is 0 Å². The lowest BCUT2D eigenvalue weighted by Crippen LogP contribution is -2.17. The molecule has 0 atom stereocenters. The van der Waals surface area contributed by atoms with Crippen molar-refractivity contribution >= 4 is 11.4 Å². The molecule has 0 saturated carbocycles. The quantitative estimate of drug-likeness (QED) is 0.793. The summed E-state index contributed by atoms with van der Waals surface area (Å²) in [6.45, 7) is 5.13. The van der Waals surface area contributed by atoms with Crippen molar-refractivity contribution in [3.63, 3.8) is 0 Å². The number of ether oxygens (including phenoxy) is 1. The minimum absolute atomic E-state index is 0.753. The number of nitrogen functional groups attached to an aromatic ring is 1. The zero-order valence-electron chi connectivity index (χ0n) is 9.91. The van der Waals surface area contributed by atoms with Crippen molar-refractivity contribution in [2.24, 2.45) is 0 Å². The second-order valence-electron chi connectivity index (χ2n) is 4.30. The van der Waals surface area contributed by atoms with Crippen molar-refractivity contribution in [3.05, 3.63) is 18.2 Å². The zero-order chi connectivity index (χ0) is 11.4. The molecule has 88 valence electrons. The molecule has 0 aromatic heterocycles. The van der Waals surface area contributed by atoms with Crippen molar-refractivity contribution in [1.29, 1.82) is 0 Å². The summed E-state index contributed by atoms with van der Waals surface area (Å²) in [5.74, 6) is 0.892. The Hall–Kier alpha value is -1.38. The number of nitrogens with two attached hydrogens (primary N) is 1. The Morgan fingerprint density at radius 3 is 2.69 bits per heavy atom. The highest BCUT2D eigenvalue weighted by Gasteiger charge is 2.13. The van der Waals surface area contributed by atoms with E-state index in [2.05, 4.69) is 17.9 Å². The molecule has 1 aromatic rings. The van der Waals surface area contributed by atoms with Crippen LogP contribution in [0.2, 0.25) is 0 Å². The maximum atomic E-state index is 5.89. The molecule has 0 spiro atoms. The molecular formula is C13H20N2O. The highest BCUT2D eigenvalue weighted by atomic mass is 16.5. The van der Waals surface area contributed by atoms with E-state index in [9.17, 15) is 0 Å². The molecule has 3 nitrogen and oxygen atoms in total. The van der Waals surface area contributed by atoms with E-state index in [0.29, 0.717) is 0 Å². The standard InChI is InChI=1S/C13H20N2O/c1-2-7-16-13-9-11(14)8-12(10-13)15-5-3-4-6-15/h8-10H,2-7,14H2,1H3. The van der Waals surface area contributed by atoms with Gasteiger partial charge in [-0.25, -0.2) is 0 Å². The van der Waals surface area contributed by atoms with E-state index in [0.717, 1.165) is 37.6 Å². The largest absolute Gasteiger partial charge is 0.493 e. The lowest BCUT2D eigenvalue weighted by atomic mass is 10.2. The van der Waals surface area contributed by atoms with Crippen molar-refractivity contribution in [1.82, 2.24) is 0 Å². The second-order valence-corrected chi connectivity index (χ2v) is 4.30. The first-order valence-electron chi connectivity index (χ1n) is 6.08. The van der Waals surface area contributed by atoms with E-state index in [1.54, 1.807) is 0 Å². The van der Waals surface area contributed by atoms with Gasteiger partial charge in [-0.05, 0) is 25.3 Å². The maximum absolute atomic E-state index is 5.89. The fourth-order valence-corrected chi connectivity index (χ4v) is 2.07. The van der Waals surface area contributed by atoms with E-state index in [1.807, 2.05) is 12.1 Å².